The van der Waals surface area contributed by atoms with Gasteiger partial charge in [-0.05, 0) is 13.8 Å². The molecule has 0 spiro atoms. The van der Waals surface area contributed by atoms with Crippen LogP contribution in [0, 0.1) is 0 Å². The van der Waals surface area contributed by atoms with E-state index in [9.17, 15) is 4.79 Å². The molecule has 0 radical (unpaired) electrons. The van der Waals surface area contributed by atoms with Crippen molar-refractivity contribution in [1.82, 2.24) is 15.0 Å². The summed E-state index contributed by atoms with van der Waals surface area (Å²) in [6, 6.07) is 0. The molecule has 72 valence electrons. The van der Waals surface area contributed by atoms with Gasteiger partial charge in [-0.1, -0.05) is 4.80 Å². The predicted molar refractivity (Wildman–Crippen MR) is 43.6 cm³/mol. The van der Waals surface area contributed by atoms with E-state index >= 15 is 0 Å². The Morgan fingerprint density at radius 3 is 2.92 bits per heavy atom. The topological polar surface area (TPSA) is 66.2 Å². The third-order valence-corrected chi connectivity index (χ3v) is 1.19. The van der Waals surface area contributed by atoms with Gasteiger partial charge < -0.3 is 9.47 Å². The SMILES string of the molecule is CCOC(=O)n1ncc(OCC)n1. The highest BCUT2D eigenvalue weighted by molar-refractivity contribution is 5.67. The Morgan fingerprint density at radius 2 is 2.31 bits per heavy atom. The molecule has 0 aliphatic heterocycles. The van der Waals surface area contributed by atoms with Crippen LogP contribution in [0.5, 0.6) is 5.88 Å². The van der Waals surface area contributed by atoms with Gasteiger partial charge in [0.1, 0.15) is 6.20 Å². The molecular formula is C7H11N3O3. The Hall–Kier alpha value is -1.59. The zero-order valence-electron chi connectivity index (χ0n) is 7.56. The molecule has 0 aromatic carbocycles. The van der Waals surface area contributed by atoms with Crippen molar-refractivity contribution in [1.29, 1.82) is 0 Å². The second kappa shape index (κ2) is 4.44. The van der Waals surface area contributed by atoms with Crippen molar-refractivity contribution < 1.29 is 14.3 Å². The molecule has 0 fully saturated rings. The third-order valence-electron chi connectivity index (χ3n) is 1.19. The number of rotatable bonds is 3. The molecule has 0 saturated heterocycles. The molecule has 0 atom stereocenters. The first-order chi connectivity index (χ1) is 6.27. The minimum absolute atomic E-state index is 0.296. The smallest absolute Gasteiger partial charge is 0.452 e. The summed E-state index contributed by atoms with van der Waals surface area (Å²) in [6.45, 7) is 4.32. The van der Waals surface area contributed by atoms with Crippen LogP contribution in [-0.4, -0.2) is 34.3 Å². The van der Waals surface area contributed by atoms with Crippen molar-refractivity contribution in [2.45, 2.75) is 13.8 Å². The fraction of sp³-hybridized carbons (Fsp3) is 0.571. The van der Waals surface area contributed by atoms with Crippen molar-refractivity contribution in [3.05, 3.63) is 6.20 Å². The summed E-state index contributed by atoms with van der Waals surface area (Å²) < 4.78 is 9.68. The highest BCUT2D eigenvalue weighted by Crippen LogP contribution is 2.01. The van der Waals surface area contributed by atoms with E-state index in [0.717, 1.165) is 4.80 Å². The highest BCUT2D eigenvalue weighted by Gasteiger charge is 2.08. The first-order valence-electron chi connectivity index (χ1n) is 4.00. The Balaban J connectivity index is 2.62. The lowest BCUT2D eigenvalue weighted by atomic mass is 10.8. The van der Waals surface area contributed by atoms with Crippen LogP contribution in [0.2, 0.25) is 0 Å². The van der Waals surface area contributed by atoms with Crippen LogP contribution in [0.3, 0.4) is 0 Å². The number of carbonyl (C=O) groups excluding carboxylic acids is 1. The molecule has 0 bridgehead atoms. The Labute approximate surface area is 75.4 Å². The van der Waals surface area contributed by atoms with Gasteiger partial charge in [-0.15, -0.1) is 10.2 Å². The minimum atomic E-state index is -0.603. The Kier molecular flexibility index (Phi) is 3.24. The maximum Gasteiger partial charge on any atom is 0.452 e. The van der Waals surface area contributed by atoms with E-state index in [-0.39, 0.29) is 0 Å². The monoisotopic (exact) mass is 185 g/mol. The van der Waals surface area contributed by atoms with E-state index in [1.165, 1.54) is 6.20 Å². The molecule has 6 heteroatoms. The van der Waals surface area contributed by atoms with E-state index in [0.29, 0.717) is 19.1 Å². The molecule has 1 aromatic heterocycles. The number of hydrogen-bond donors (Lipinski definition) is 0. The summed E-state index contributed by atoms with van der Waals surface area (Å²) in [5.41, 5.74) is 0. The van der Waals surface area contributed by atoms with Crippen molar-refractivity contribution in [3.8, 4) is 5.88 Å². The summed E-state index contributed by atoms with van der Waals surface area (Å²) in [6.07, 6.45) is 0.758. The summed E-state index contributed by atoms with van der Waals surface area (Å²) in [5, 5.41) is 7.39. The van der Waals surface area contributed by atoms with Crippen molar-refractivity contribution in [2.75, 3.05) is 13.2 Å². The van der Waals surface area contributed by atoms with Crippen LogP contribution in [0.4, 0.5) is 4.79 Å². The molecule has 0 aliphatic carbocycles. The van der Waals surface area contributed by atoms with Crippen LogP contribution >= 0.6 is 0 Å². The van der Waals surface area contributed by atoms with Crippen molar-refractivity contribution in [2.24, 2.45) is 0 Å². The van der Waals surface area contributed by atoms with Crippen LogP contribution in [0.15, 0.2) is 6.20 Å². The molecular weight excluding hydrogens is 174 g/mol. The van der Waals surface area contributed by atoms with Gasteiger partial charge in [-0.3, -0.25) is 0 Å². The Morgan fingerprint density at radius 1 is 1.54 bits per heavy atom. The molecule has 6 nitrogen and oxygen atoms in total. The van der Waals surface area contributed by atoms with Crippen molar-refractivity contribution in [3.63, 3.8) is 0 Å². The summed E-state index contributed by atoms with van der Waals surface area (Å²) >= 11 is 0. The van der Waals surface area contributed by atoms with Gasteiger partial charge in [0.25, 0.3) is 5.88 Å². The minimum Gasteiger partial charge on any atom is -0.476 e. The lowest BCUT2D eigenvalue weighted by molar-refractivity contribution is 0.145. The summed E-state index contributed by atoms with van der Waals surface area (Å²) in [5.74, 6) is 0.315. The average molecular weight is 185 g/mol. The molecule has 1 heterocycles. The molecule has 0 unspecified atom stereocenters. The van der Waals surface area contributed by atoms with Gasteiger partial charge in [0.05, 0.1) is 13.2 Å². The van der Waals surface area contributed by atoms with Crippen LogP contribution in [-0.2, 0) is 4.74 Å². The normalized spacial score (nSPS) is 9.69. The van der Waals surface area contributed by atoms with Gasteiger partial charge in [0.15, 0.2) is 0 Å². The van der Waals surface area contributed by atoms with Crippen LogP contribution in [0.1, 0.15) is 13.8 Å². The fourth-order valence-corrected chi connectivity index (χ4v) is 0.732. The van der Waals surface area contributed by atoms with Gasteiger partial charge in [0.2, 0.25) is 0 Å². The lowest BCUT2D eigenvalue weighted by Gasteiger charge is -1.97. The predicted octanol–water partition coefficient (Wildman–Crippen LogP) is 0.681. The third kappa shape index (κ3) is 2.43. The molecule has 0 amide bonds. The first-order valence-corrected chi connectivity index (χ1v) is 4.00. The number of aromatic nitrogens is 3. The van der Waals surface area contributed by atoms with Crippen LogP contribution in [0.25, 0.3) is 0 Å². The van der Waals surface area contributed by atoms with Crippen LogP contribution < -0.4 is 4.74 Å². The molecule has 13 heavy (non-hydrogen) atoms. The molecule has 1 aromatic rings. The Bertz CT molecular complexity index is 284. The number of ether oxygens (including phenoxy) is 2. The molecule has 0 N–H and O–H groups in total. The average Bonchev–Trinajstić information content (AvgIpc) is 2.54. The summed E-state index contributed by atoms with van der Waals surface area (Å²) in [4.78, 5) is 11.9. The largest absolute Gasteiger partial charge is 0.476 e. The van der Waals surface area contributed by atoms with Gasteiger partial charge in [-0.2, -0.15) is 0 Å². The second-order valence-electron chi connectivity index (χ2n) is 2.10. The number of nitrogens with zero attached hydrogens (tertiary/aromatic N) is 3. The lowest BCUT2D eigenvalue weighted by Crippen LogP contribution is -2.16. The highest BCUT2D eigenvalue weighted by atomic mass is 16.6. The molecule has 1 rings (SSSR count). The van der Waals surface area contributed by atoms with Gasteiger partial charge in [-0.25, -0.2) is 4.79 Å². The zero-order valence-corrected chi connectivity index (χ0v) is 7.56. The maximum absolute atomic E-state index is 11.0. The molecule has 0 aliphatic rings. The van der Waals surface area contributed by atoms with E-state index < -0.39 is 6.09 Å². The summed E-state index contributed by atoms with van der Waals surface area (Å²) in [7, 11) is 0. The van der Waals surface area contributed by atoms with Gasteiger partial charge >= 0.3 is 6.09 Å². The standard InChI is InChI=1S/C7H11N3O3/c1-3-12-6-5-8-10(9-6)7(11)13-4-2/h5H,3-4H2,1-2H3. The number of hydrogen-bond acceptors (Lipinski definition) is 5. The van der Waals surface area contributed by atoms with E-state index in [2.05, 4.69) is 14.9 Å². The molecule has 0 saturated carbocycles. The quantitative estimate of drug-likeness (QED) is 0.692. The number of carbonyl (C=O) groups is 1. The van der Waals surface area contributed by atoms with E-state index in [4.69, 9.17) is 4.74 Å². The van der Waals surface area contributed by atoms with Crippen molar-refractivity contribution >= 4 is 6.09 Å². The van der Waals surface area contributed by atoms with E-state index in [1.807, 2.05) is 6.92 Å². The first kappa shape index (κ1) is 9.50. The van der Waals surface area contributed by atoms with Gasteiger partial charge in [0, 0.05) is 0 Å². The zero-order chi connectivity index (χ0) is 9.68. The second-order valence-corrected chi connectivity index (χ2v) is 2.10. The maximum atomic E-state index is 11.0. The fourth-order valence-electron chi connectivity index (χ4n) is 0.732. The van der Waals surface area contributed by atoms with E-state index in [1.54, 1.807) is 6.92 Å².